The number of hydrogen-bond acceptors (Lipinski definition) is 0. The third kappa shape index (κ3) is 54.3. The van der Waals surface area contributed by atoms with Crippen LogP contribution in [0.3, 0.4) is 0 Å². The molecular weight excluding hydrogens is 122 g/mol. The lowest BCUT2D eigenvalue weighted by atomic mass is 11.3. The molecule has 0 aromatic heterocycles. The van der Waals surface area contributed by atoms with E-state index < -0.39 is 13.4 Å². The molecule has 0 nitrogen and oxygen atoms in total. The first kappa shape index (κ1) is 9.29. The maximum atomic E-state index is 4.90. The Balaban J connectivity index is 0. The van der Waals surface area contributed by atoms with Gasteiger partial charge in [0.05, 0.1) is 0 Å². The van der Waals surface area contributed by atoms with Crippen LogP contribution in [0.2, 0.25) is 0 Å². The van der Waals surface area contributed by atoms with Crippen molar-refractivity contribution in [1.82, 2.24) is 0 Å². The first-order chi connectivity index (χ1) is 2.41. The second-order valence-corrected chi connectivity index (χ2v) is 2.73. The van der Waals surface area contributed by atoms with Crippen LogP contribution in [0.4, 0.5) is 0 Å². The van der Waals surface area contributed by atoms with E-state index in [0.717, 1.165) is 0 Å². The lowest BCUT2D eigenvalue weighted by Gasteiger charge is -1.33. The summed E-state index contributed by atoms with van der Waals surface area (Å²) in [6.07, 6.45) is 0. The molecule has 0 heterocycles. The van der Waals surface area contributed by atoms with Crippen LogP contribution in [-0.4, -0.2) is 13.4 Å². The van der Waals surface area contributed by atoms with Crippen LogP contribution in [0.15, 0.2) is 13.2 Å². The predicted octanol–water partition coefficient (Wildman–Crippen LogP) is 1.53. The van der Waals surface area contributed by atoms with E-state index in [1.807, 2.05) is 0 Å². The van der Waals surface area contributed by atoms with Gasteiger partial charge in [0.25, 0.3) is 0 Å². The minimum Gasteiger partial charge on any atom is -0.240 e. The van der Waals surface area contributed by atoms with Crippen LogP contribution < -0.4 is 0 Å². The second-order valence-electron chi connectivity index (χ2n) is 0.101. The third-order valence-electron chi connectivity index (χ3n) is 0. The van der Waals surface area contributed by atoms with Gasteiger partial charge in [0.1, 0.15) is 0 Å². The smallest absolute Gasteiger partial charge is 0.240 e. The van der Waals surface area contributed by atoms with Crippen molar-refractivity contribution >= 4 is 33.5 Å². The lowest BCUT2D eigenvalue weighted by molar-refractivity contribution is 2.81. The molecule has 0 aliphatic carbocycles. The van der Waals surface area contributed by atoms with Gasteiger partial charge in [0, 0.05) is 0 Å². The van der Waals surface area contributed by atoms with E-state index in [2.05, 4.69) is 13.2 Å². The molecule has 0 atom stereocenters. The summed E-state index contributed by atoms with van der Waals surface area (Å²) >= 11 is -0.639. The molecule has 0 saturated carbocycles. The van der Waals surface area contributed by atoms with Gasteiger partial charge < -0.3 is 0 Å². The molecule has 30 valence electrons. The van der Waals surface area contributed by atoms with Crippen molar-refractivity contribution in [1.29, 1.82) is 0 Å². The van der Waals surface area contributed by atoms with Crippen molar-refractivity contribution < 1.29 is 0 Å². The van der Waals surface area contributed by atoms with Crippen LogP contribution in [0.1, 0.15) is 0 Å². The molecule has 0 amide bonds. The molecular formula is C2H5AlCl2. The molecule has 0 rings (SSSR count). The molecule has 0 aromatic rings. The second kappa shape index (κ2) is 21.0. The van der Waals surface area contributed by atoms with Crippen LogP contribution in [0.5, 0.6) is 0 Å². The van der Waals surface area contributed by atoms with Gasteiger partial charge in [-0.05, 0) is 0 Å². The Morgan fingerprint density at radius 1 is 1.20 bits per heavy atom. The summed E-state index contributed by atoms with van der Waals surface area (Å²) in [6, 6.07) is 0. The van der Waals surface area contributed by atoms with Crippen molar-refractivity contribution in [2.45, 2.75) is 0 Å². The number of hydrogen-bond donors (Lipinski definition) is 0. The summed E-state index contributed by atoms with van der Waals surface area (Å²) in [5.41, 5.74) is 0. The van der Waals surface area contributed by atoms with E-state index in [1.165, 1.54) is 0 Å². The molecule has 3 heteroatoms. The average Bonchev–Trinajstić information content (AvgIpc) is 1.46. The van der Waals surface area contributed by atoms with E-state index in [9.17, 15) is 0 Å². The fourth-order valence-corrected chi connectivity index (χ4v) is 0. The van der Waals surface area contributed by atoms with Gasteiger partial charge in [-0.25, -0.2) is 20.1 Å². The standard InChI is InChI=1S/C2H4.Al.2ClH.H/c1-2;;;;/h1-2H2;;2*1H;/q;+2;;;/p-2. The van der Waals surface area contributed by atoms with Crippen LogP contribution in [-0.2, 0) is 0 Å². The largest absolute Gasteiger partial charge is 0.499 e. The van der Waals surface area contributed by atoms with Gasteiger partial charge in [0.15, 0.2) is 0 Å². The molecule has 0 N–H and O–H groups in total. The molecule has 0 radical (unpaired) electrons. The van der Waals surface area contributed by atoms with Crippen LogP contribution in [0, 0.1) is 0 Å². The van der Waals surface area contributed by atoms with Crippen LogP contribution >= 0.6 is 20.1 Å². The quantitative estimate of drug-likeness (QED) is 0.342. The lowest BCUT2D eigenvalue weighted by Crippen LogP contribution is -1.36. The third-order valence-corrected chi connectivity index (χ3v) is 0. The van der Waals surface area contributed by atoms with E-state index in [1.54, 1.807) is 0 Å². The van der Waals surface area contributed by atoms with Crippen molar-refractivity contribution in [3.63, 3.8) is 0 Å². The molecule has 0 saturated heterocycles. The first-order valence-corrected chi connectivity index (χ1v) is 5.31. The molecule has 0 unspecified atom stereocenters. The van der Waals surface area contributed by atoms with E-state index in [0.29, 0.717) is 0 Å². The Hall–Kier alpha value is 0.852. The van der Waals surface area contributed by atoms with Gasteiger partial charge in [-0.2, -0.15) is 0 Å². The van der Waals surface area contributed by atoms with Crippen molar-refractivity contribution in [2.75, 3.05) is 0 Å². The monoisotopic (exact) mass is 126 g/mol. The summed E-state index contributed by atoms with van der Waals surface area (Å²) in [6.45, 7) is 6.00. The average molecular weight is 127 g/mol. The highest BCUT2D eigenvalue weighted by molar-refractivity contribution is 7.22. The highest BCUT2D eigenvalue weighted by Gasteiger charge is 1.59. The Kier molecular flexibility index (Phi) is 39.0. The van der Waals surface area contributed by atoms with E-state index >= 15 is 0 Å². The predicted molar refractivity (Wildman–Crippen MR) is 30.1 cm³/mol. The zero-order valence-electron chi connectivity index (χ0n) is 2.88. The zero-order valence-corrected chi connectivity index (χ0v) is 5.80. The normalized spacial score (nSPS) is 3.60. The van der Waals surface area contributed by atoms with Crippen LogP contribution in [0.25, 0.3) is 0 Å². The summed E-state index contributed by atoms with van der Waals surface area (Å²) in [5, 5.41) is 0. The first-order valence-electron chi connectivity index (χ1n) is 1.03. The van der Waals surface area contributed by atoms with Gasteiger partial charge in [-0.1, -0.05) is 0 Å². The highest BCUT2D eigenvalue weighted by Crippen LogP contribution is 1.67. The molecule has 0 aromatic carbocycles. The minimum atomic E-state index is -0.639. The Bertz CT molecular complexity index is 11.6. The Labute approximate surface area is 46.9 Å². The van der Waals surface area contributed by atoms with Gasteiger partial charge >= 0.3 is 13.4 Å². The van der Waals surface area contributed by atoms with E-state index in [4.69, 9.17) is 20.1 Å². The van der Waals surface area contributed by atoms with Gasteiger partial charge in [0.2, 0.25) is 0 Å². The SMILES string of the molecule is C=C.[Cl][AlH][Cl]. The molecule has 5 heavy (non-hydrogen) atoms. The molecule has 0 aliphatic heterocycles. The molecule has 0 bridgehead atoms. The minimum absolute atomic E-state index is 0.639. The topological polar surface area (TPSA) is 0 Å². The summed E-state index contributed by atoms with van der Waals surface area (Å²) in [5.74, 6) is 0. The van der Waals surface area contributed by atoms with Gasteiger partial charge in [-0.3, -0.25) is 0 Å². The summed E-state index contributed by atoms with van der Waals surface area (Å²) < 4.78 is 0. The van der Waals surface area contributed by atoms with Crippen molar-refractivity contribution in [3.8, 4) is 0 Å². The number of halogens is 2. The zero-order chi connectivity index (χ0) is 4.71. The fourth-order valence-electron chi connectivity index (χ4n) is 0. The molecule has 0 spiro atoms. The molecule has 0 fully saturated rings. The Morgan fingerprint density at radius 3 is 1.20 bits per heavy atom. The highest BCUT2D eigenvalue weighted by atomic mass is 35.7. The summed E-state index contributed by atoms with van der Waals surface area (Å²) in [7, 11) is 9.81. The molecule has 0 aliphatic rings. The summed E-state index contributed by atoms with van der Waals surface area (Å²) in [4.78, 5) is 0. The maximum Gasteiger partial charge on any atom is 0.499 e. The number of rotatable bonds is 0. The maximum absolute atomic E-state index is 4.90. The Morgan fingerprint density at radius 2 is 1.20 bits per heavy atom. The van der Waals surface area contributed by atoms with Gasteiger partial charge in [-0.15, -0.1) is 13.2 Å². The van der Waals surface area contributed by atoms with E-state index in [-0.39, 0.29) is 0 Å². The van der Waals surface area contributed by atoms with Crippen molar-refractivity contribution in [2.24, 2.45) is 0 Å². The van der Waals surface area contributed by atoms with Crippen molar-refractivity contribution in [3.05, 3.63) is 13.2 Å². The fraction of sp³-hybridized carbons (Fsp3) is 0.